The topological polar surface area (TPSA) is 41.1 Å². The summed E-state index contributed by atoms with van der Waals surface area (Å²) in [7, 11) is 0. The fourth-order valence-corrected chi connectivity index (χ4v) is 2.67. The first-order chi connectivity index (χ1) is 9.07. The molecule has 1 aliphatic heterocycles. The van der Waals surface area contributed by atoms with E-state index >= 15 is 0 Å². The molecule has 104 valence electrons. The quantitative estimate of drug-likeness (QED) is 0.892. The van der Waals surface area contributed by atoms with Crippen molar-refractivity contribution in [3.63, 3.8) is 0 Å². The van der Waals surface area contributed by atoms with Gasteiger partial charge in [0.15, 0.2) is 0 Å². The van der Waals surface area contributed by atoms with Gasteiger partial charge in [-0.05, 0) is 43.5 Å². The molecule has 1 atom stereocenters. The third-order valence-corrected chi connectivity index (χ3v) is 4.01. The highest BCUT2D eigenvalue weighted by molar-refractivity contribution is 6.30. The van der Waals surface area contributed by atoms with Crippen molar-refractivity contribution in [2.24, 2.45) is 0 Å². The molecule has 0 aliphatic carbocycles. The Bertz CT molecular complexity index is 473. The Morgan fingerprint density at radius 2 is 2.37 bits per heavy atom. The molecular weight excluding hydrogens is 267 g/mol. The van der Waals surface area contributed by atoms with E-state index in [4.69, 9.17) is 11.6 Å². The SMILES string of the molecule is CCC1(C(=O)NCc2ccc(F)c(Cl)c2)CCCN1. The van der Waals surface area contributed by atoms with Crippen molar-refractivity contribution in [1.82, 2.24) is 10.6 Å². The van der Waals surface area contributed by atoms with Crippen LogP contribution in [-0.2, 0) is 11.3 Å². The van der Waals surface area contributed by atoms with Gasteiger partial charge in [0.2, 0.25) is 5.91 Å². The van der Waals surface area contributed by atoms with Gasteiger partial charge in [-0.2, -0.15) is 0 Å². The highest BCUT2D eigenvalue weighted by atomic mass is 35.5. The minimum atomic E-state index is -0.445. The second-order valence-electron chi connectivity index (χ2n) is 4.90. The van der Waals surface area contributed by atoms with Crippen molar-refractivity contribution >= 4 is 17.5 Å². The standard InChI is InChI=1S/C14H18ClFN2O/c1-2-14(6-3-7-18-14)13(19)17-9-10-4-5-12(16)11(15)8-10/h4-5,8,18H,2-3,6-7,9H2,1H3,(H,17,19). The van der Waals surface area contributed by atoms with Crippen LogP contribution < -0.4 is 10.6 Å². The van der Waals surface area contributed by atoms with Crippen LogP contribution in [0.3, 0.4) is 0 Å². The summed E-state index contributed by atoms with van der Waals surface area (Å²) in [6, 6.07) is 4.48. The molecule has 0 spiro atoms. The lowest BCUT2D eigenvalue weighted by Crippen LogP contribution is -2.52. The van der Waals surface area contributed by atoms with E-state index in [0.717, 1.165) is 31.4 Å². The number of rotatable bonds is 4. The predicted octanol–water partition coefficient (Wildman–Crippen LogP) is 2.63. The summed E-state index contributed by atoms with van der Waals surface area (Å²) < 4.78 is 13.0. The van der Waals surface area contributed by atoms with Crippen molar-refractivity contribution in [3.8, 4) is 0 Å². The summed E-state index contributed by atoms with van der Waals surface area (Å²) in [5.74, 6) is -0.438. The van der Waals surface area contributed by atoms with Crippen LogP contribution in [0, 0.1) is 5.82 Å². The maximum atomic E-state index is 13.0. The monoisotopic (exact) mass is 284 g/mol. The van der Waals surface area contributed by atoms with Crippen LogP contribution in [0.1, 0.15) is 31.7 Å². The predicted molar refractivity (Wildman–Crippen MR) is 73.5 cm³/mol. The highest BCUT2D eigenvalue weighted by Crippen LogP contribution is 2.23. The Morgan fingerprint density at radius 3 is 2.95 bits per heavy atom. The highest BCUT2D eigenvalue weighted by Gasteiger charge is 2.38. The Morgan fingerprint density at radius 1 is 1.58 bits per heavy atom. The van der Waals surface area contributed by atoms with Crippen molar-refractivity contribution in [1.29, 1.82) is 0 Å². The van der Waals surface area contributed by atoms with Crippen LogP contribution in [0.25, 0.3) is 0 Å². The summed E-state index contributed by atoms with van der Waals surface area (Å²) in [6.07, 6.45) is 2.64. The molecule has 3 nitrogen and oxygen atoms in total. The molecule has 1 saturated heterocycles. The molecule has 1 amide bonds. The Hall–Kier alpha value is -1.13. The number of carbonyl (C=O) groups is 1. The third-order valence-electron chi connectivity index (χ3n) is 3.72. The molecule has 2 rings (SSSR count). The van der Waals surface area contributed by atoms with Crippen LogP contribution >= 0.6 is 11.6 Å². The number of hydrogen-bond acceptors (Lipinski definition) is 2. The average Bonchev–Trinajstić information content (AvgIpc) is 2.90. The molecular formula is C14H18ClFN2O. The van der Waals surface area contributed by atoms with E-state index in [1.165, 1.54) is 12.1 Å². The first kappa shape index (κ1) is 14.3. The zero-order valence-electron chi connectivity index (χ0n) is 10.9. The third kappa shape index (κ3) is 3.07. The van der Waals surface area contributed by atoms with E-state index in [2.05, 4.69) is 10.6 Å². The summed E-state index contributed by atoms with van der Waals surface area (Å²) in [6.45, 7) is 3.25. The number of amides is 1. The molecule has 1 unspecified atom stereocenters. The fraction of sp³-hybridized carbons (Fsp3) is 0.500. The molecule has 0 radical (unpaired) electrons. The molecule has 1 aliphatic rings. The summed E-state index contributed by atoms with van der Waals surface area (Å²) in [5.41, 5.74) is 0.355. The number of carbonyl (C=O) groups excluding carboxylic acids is 1. The van der Waals surface area contributed by atoms with Crippen molar-refractivity contribution in [3.05, 3.63) is 34.6 Å². The Kier molecular flexibility index (Phi) is 4.42. The van der Waals surface area contributed by atoms with Crippen LogP contribution in [0.4, 0.5) is 4.39 Å². The van der Waals surface area contributed by atoms with Gasteiger partial charge in [-0.3, -0.25) is 4.79 Å². The maximum absolute atomic E-state index is 13.0. The molecule has 5 heteroatoms. The second-order valence-corrected chi connectivity index (χ2v) is 5.30. The molecule has 19 heavy (non-hydrogen) atoms. The number of nitrogens with one attached hydrogen (secondary N) is 2. The van der Waals surface area contributed by atoms with Gasteiger partial charge in [0.25, 0.3) is 0 Å². The second kappa shape index (κ2) is 5.88. The zero-order chi connectivity index (χ0) is 13.9. The van der Waals surface area contributed by atoms with E-state index in [1.54, 1.807) is 6.07 Å². The van der Waals surface area contributed by atoms with Crippen molar-refractivity contribution in [2.45, 2.75) is 38.3 Å². The van der Waals surface area contributed by atoms with E-state index < -0.39 is 11.4 Å². The molecule has 1 aromatic rings. The maximum Gasteiger partial charge on any atom is 0.240 e. The summed E-state index contributed by atoms with van der Waals surface area (Å²) in [5, 5.41) is 6.25. The van der Waals surface area contributed by atoms with Crippen molar-refractivity contribution in [2.75, 3.05) is 6.54 Å². The first-order valence-corrected chi connectivity index (χ1v) is 6.92. The lowest BCUT2D eigenvalue weighted by molar-refractivity contribution is -0.127. The van der Waals surface area contributed by atoms with E-state index in [0.29, 0.717) is 6.54 Å². The molecule has 1 fully saturated rings. The van der Waals surface area contributed by atoms with Gasteiger partial charge in [0.1, 0.15) is 5.82 Å². The van der Waals surface area contributed by atoms with Gasteiger partial charge < -0.3 is 10.6 Å². The summed E-state index contributed by atoms with van der Waals surface area (Å²) in [4.78, 5) is 12.2. The fourth-order valence-electron chi connectivity index (χ4n) is 2.46. The molecule has 1 heterocycles. The Balaban J connectivity index is 1.98. The van der Waals surface area contributed by atoms with Crippen molar-refractivity contribution < 1.29 is 9.18 Å². The first-order valence-electron chi connectivity index (χ1n) is 6.54. The van der Waals surface area contributed by atoms with Crippen LogP contribution in [0.5, 0.6) is 0 Å². The van der Waals surface area contributed by atoms with Gasteiger partial charge in [0.05, 0.1) is 10.6 Å². The van der Waals surface area contributed by atoms with E-state index in [-0.39, 0.29) is 10.9 Å². The van der Waals surface area contributed by atoms with Crippen LogP contribution in [0.2, 0.25) is 5.02 Å². The Labute approximate surface area is 117 Å². The van der Waals surface area contributed by atoms with Gasteiger partial charge in [-0.1, -0.05) is 24.6 Å². The molecule has 2 N–H and O–H groups in total. The van der Waals surface area contributed by atoms with Gasteiger partial charge in [-0.15, -0.1) is 0 Å². The van der Waals surface area contributed by atoms with Gasteiger partial charge in [0, 0.05) is 6.54 Å². The average molecular weight is 285 g/mol. The smallest absolute Gasteiger partial charge is 0.240 e. The largest absolute Gasteiger partial charge is 0.350 e. The van der Waals surface area contributed by atoms with Gasteiger partial charge in [-0.25, -0.2) is 4.39 Å². The lowest BCUT2D eigenvalue weighted by atomic mass is 9.93. The van der Waals surface area contributed by atoms with E-state index in [9.17, 15) is 9.18 Å². The normalized spacial score (nSPS) is 22.5. The minimum Gasteiger partial charge on any atom is -0.350 e. The van der Waals surface area contributed by atoms with Crippen LogP contribution in [0.15, 0.2) is 18.2 Å². The lowest BCUT2D eigenvalue weighted by Gasteiger charge is -2.26. The zero-order valence-corrected chi connectivity index (χ0v) is 11.7. The number of benzene rings is 1. The molecule has 0 saturated carbocycles. The van der Waals surface area contributed by atoms with Crippen LogP contribution in [-0.4, -0.2) is 18.0 Å². The number of halogens is 2. The molecule has 0 bridgehead atoms. The minimum absolute atomic E-state index is 0.00736. The number of hydrogen-bond donors (Lipinski definition) is 2. The van der Waals surface area contributed by atoms with Gasteiger partial charge >= 0.3 is 0 Å². The molecule has 1 aromatic carbocycles. The summed E-state index contributed by atoms with van der Waals surface area (Å²) >= 11 is 5.71. The molecule has 0 aromatic heterocycles. The van der Waals surface area contributed by atoms with E-state index in [1.807, 2.05) is 6.92 Å².